The maximum atomic E-state index is 13.0. The monoisotopic (exact) mass is 504 g/mol. The second kappa shape index (κ2) is 10.2. The first-order valence-corrected chi connectivity index (χ1v) is 12.9. The summed E-state index contributed by atoms with van der Waals surface area (Å²) >= 11 is 6.35. The molecule has 0 fully saturated rings. The van der Waals surface area contributed by atoms with Gasteiger partial charge in [-0.05, 0) is 61.7 Å². The summed E-state index contributed by atoms with van der Waals surface area (Å²) in [5.41, 5.74) is 3.06. The standard InChI is InChI=1S/C25H29ClN2O5S/c1-6-7-23(25(30)33-5)34(31,32)18-10-8-17(9-11-18)16(3)27-24(29)22-14-19-20(26)12-15(2)13-21(19)28(22)4/h8-14,16,23H,6-7H2,1-5H3,(H,27,29). The predicted octanol–water partition coefficient (Wildman–Crippen LogP) is 4.75. The minimum Gasteiger partial charge on any atom is -0.468 e. The lowest BCUT2D eigenvalue weighted by molar-refractivity contribution is -0.140. The smallest absolute Gasteiger partial charge is 0.324 e. The lowest BCUT2D eigenvalue weighted by atomic mass is 10.1. The van der Waals surface area contributed by atoms with Gasteiger partial charge in [0, 0.05) is 12.4 Å². The number of aromatic nitrogens is 1. The summed E-state index contributed by atoms with van der Waals surface area (Å²) in [5.74, 6) is -1.04. The summed E-state index contributed by atoms with van der Waals surface area (Å²) in [7, 11) is -0.899. The fourth-order valence-corrected chi connectivity index (χ4v) is 6.06. The van der Waals surface area contributed by atoms with Crippen molar-refractivity contribution in [2.24, 2.45) is 7.05 Å². The largest absolute Gasteiger partial charge is 0.468 e. The summed E-state index contributed by atoms with van der Waals surface area (Å²) in [6, 6.07) is 11.4. The van der Waals surface area contributed by atoms with Crippen LogP contribution in [-0.4, -0.2) is 37.2 Å². The number of nitrogens with one attached hydrogen (secondary N) is 1. The Morgan fingerprint density at radius 2 is 1.79 bits per heavy atom. The van der Waals surface area contributed by atoms with Gasteiger partial charge in [0.05, 0.1) is 28.6 Å². The zero-order valence-electron chi connectivity index (χ0n) is 19.9. The number of carbonyl (C=O) groups excluding carboxylic acids is 2. The highest BCUT2D eigenvalue weighted by molar-refractivity contribution is 7.92. The van der Waals surface area contributed by atoms with Crippen LogP contribution >= 0.6 is 11.6 Å². The van der Waals surface area contributed by atoms with E-state index in [9.17, 15) is 18.0 Å². The molecule has 1 heterocycles. The van der Waals surface area contributed by atoms with Crippen molar-refractivity contribution in [3.63, 3.8) is 0 Å². The Bertz CT molecular complexity index is 1330. The molecule has 0 aliphatic carbocycles. The molecule has 182 valence electrons. The number of ether oxygens (including phenoxy) is 1. The summed E-state index contributed by atoms with van der Waals surface area (Å²) in [6.07, 6.45) is 0.705. The molecule has 3 aromatic rings. The van der Waals surface area contributed by atoms with Crippen molar-refractivity contribution in [1.82, 2.24) is 9.88 Å². The van der Waals surface area contributed by atoms with Gasteiger partial charge in [0.25, 0.3) is 5.91 Å². The average molecular weight is 505 g/mol. The summed E-state index contributed by atoms with van der Waals surface area (Å²) < 4.78 is 32.4. The number of aryl methyl sites for hydroxylation is 2. The van der Waals surface area contributed by atoms with Crippen molar-refractivity contribution in [2.45, 2.75) is 49.8 Å². The number of fused-ring (bicyclic) bond motifs is 1. The van der Waals surface area contributed by atoms with Gasteiger partial charge in [-0.15, -0.1) is 0 Å². The quantitative estimate of drug-likeness (QED) is 0.447. The number of rotatable bonds is 8. The van der Waals surface area contributed by atoms with Gasteiger partial charge < -0.3 is 14.6 Å². The molecule has 0 aliphatic heterocycles. The van der Waals surface area contributed by atoms with Crippen LogP contribution in [0.15, 0.2) is 47.4 Å². The van der Waals surface area contributed by atoms with E-state index < -0.39 is 21.1 Å². The van der Waals surface area contributed by atoms with Crippen LogP contribution in [0.4, 0.5) is 0 Å². The molecule has 1 amide bonds. The molecular formula is C25H29ClN2O5S. The van der Waals surface area contributed by atoms with Gasteiger partial charge in [-0.1, -0.05) is 37.1 Å². The van der Waals surface area contributed by atoms with E-state index >= 15 is 0 Å². The van der Waals surface area contributed by atoms with Crippen LogP contribution in [0.1, 0.15) is 54.3 Å². The van der Waals surface area contributed by atoms with E-state index in [1.165, 1.54) is 19.2 Å². The highest BCUT2D eigenvalue weighted by Gasteiger charge is 2.34. The first-order chi connectivity index (χ1) is 16.0. The highest BCUT2D eigenvalue weighted by Crippen LogP contribution is 2.28. The van der Waals surface area contributed by atoms with Crippen molar-refractivity contribution in [2.75, 3.05) is 7.11 Å². The van der Waals surface area contributed by atoms with Gasteiger partial charge in [-0.2, -0.15) is 0 Å². The van der Waals surface area contributed by atoms with Gasteiger partial charge in [0.15, 0.2) is 15.1 Å². The Kier molecular flexibility index (Phi) is 7.73. The van der Waals surface area contributed by atoms with Gasteiger partial charge in [-0.25, -0.2) is 8.42 Å². The SMILES string of the molecule is CCCC(C(=O)OC)S(=O)(=O)c1ccc(C(C)NC(=O)c2cc3c(Cl)cc(C)cc3n2C)cc1. The Labute approximate surface area is 205 Å². The van der Waals surface area contributed by atoms with Crippen molar-refractivity contribution >= 4 is 44.2 Å². The predicted molar refractivity (Wildman–Crippen MR) is 133 cm³/mol. The van der Waals surface area contributed by atoms with E-state index in [0.717, 1.165) is 22.0 Å². The Hall–Kier alpha value is -2.84. The fraction of sp³-hybridized carbons (Fsp3) is 0.360. The molecular weight excluding hydrogens is 476 g/mol. The topological polar surface area (TPSA) is 94.5 Å². The van der Waals surface area contributed by atoms with Crippen LogP contribution in [0.3, 0.4) is 0 Å². The Balaban J connectivity index is 1.81. The number of benzene rings is 2. The maximum absolute atomic E-state index is 13.0. The molecule has 7 nitrogen and oxygen atoms in total. The van der Waals surface area contributed by atoms with Gasteiger partial charge >= 0.3 is 5.97 Å². The van der Waals surface area contributed by atoms with Gasteiger partial charge in [-0.3, -0.25) is 9.59 Å². The molecule has 0 bridgehead atoms. The lowest BCUT2D eigenvalue weighted by Crippen LogP contribution is -2.31. The summed E-state index contributed by atoms with van der Waals surface area (Å²) in [5, 5.41) is 3.09. The summed E-state index contributed by atoms with van der Waals surface area (Å²) in [6.45, 7) is 5.57. The first-order valence-electron chi connectivity index (χ1n) is 11.0. The minimum absolute atomic E-state index is 0.0392. The third-order valence-corrected chi connectivity index (χ3v) is 8.35. The molecule has 0 spiro atoms. The number of sulfone groups is 1. The number of esters is 1. The Morgan fingerprint density at radius 3 is 2.38 bits per heavy atom. The number of halogens is 1. The average Bonchev–Trinajstić information content (AvgIpc) is 3.13. The Morgan fingerprint density at radius 1 is 1.15 bits per heavy atom. The van der Waals surface area contributed by atoms with E-state index in [1.807, 2.05) is 40.0 Å². The third-order valence-electron chi connectivity index (χ3n) is 5.93. The van der Waals surface area contributed by atoms with E-state index in [4.69, 9.17) is 11.6 Å². The van der Waals surface area contributed by atoms with Crippen molar-refractivity contribution in [1.29, 1.82) is 0 Å². The number of amides is 1. The minimum atomic E-state index is -3.89. The molecule has 2 unspecified atom stereocenters. The van der Waals surface area contributed by atoms with Crippen molar-refractivity contribution < 1.29 is 22.7 Å². The molecule has 0 saturated carbocycles. The van der Waals surface area contributed by atoms with Crippen molar-refractivity contribution in [3.8, 4) is 0 Å². The molecule has 9 heteroatoms. The van der Waals surface area contributed by atoms with E-state index in [1.54, 1.807) is 22.8 Å². The van der Waals surface area contributed by atoms with Crippen LogP contribution in [0.5, 0.6) is 0 Å². The number of hydrogen-bond donors (Lipinski definition) is 1. The van der Waals surface area contributed by atoms with Gasteiger partial charge in [0.1, 0.15) is 5.69 Å². The number of hydrogen-bond acceptors (Lipinski definition) is 5. The highest BCUT2D eigenvalue weighted by atomic mass is 35.5. The zero-order chi connectivity index (χ0) is 25.2. The van der Waals surface area contributed by atoms with E-state index in [2.05, 4.69) is 10.1 Å². The number of nitrogens with zero attached hydrogens (tertiary/aromatic N) is 1. The zero-order valence-corrected chi connectivity index (χ0v) is 21.5. The second-order valence-corrected chi connectivity index (χ2v) is 10.9. The fourth-order valence-electron chi connectivity index (χ4n) is 3.99. The summed E-state index contributed by atoms with van der Waals surface area (Å²) in [4.78, 5) is 25.1. The molecule has 0 aliphatic rings. The van der Waals surface area contributed by atoms with Crippen molar-refractivity contribution in [3.05, 3.63) is 64.3 Å². The third kappa shape index (κ3) is 4.98. The first kappa shape index (κ1) is 25.8. The van der Waals surface area contributed by atoms with Crippen LogP contribution in [0.2, 0.25) is 5.02 Å². The molecule has 1 N–H and O–H groups in total. The molecule has 0 saturated heterocycles. The maximum Gasteiger partial charge on any atom is 0.324 e. The van der Waals surface area contributed by atoms with Crippen LogP contribution in [-0.2, 0) is 26.4 Å². The van der Waals surface area contributed by atoms with Crippen LogP contribution in [0, 0.1) is 6.92 Å². The normalized spacial score (nSPS) is 13.5. The lowest BCUT2D eigenvalue weighted by Gasteiger charge is -2.17. The van der Waals surface area contributed by atoms with E-state index in [0.29, 0.717) is 17.1 Å². The molecule has 0 radical (unpaired) electrons. The molecule has 2 aromatic carbocycles. The van der Waals surface area contributed by atoms with E-state index in [-0.39, 0.29) is 23.3 Å². The molecule has 34 heavy (non-hydrogen) atoms. The number of methoxy groups -OCH3 is 1. The van der Waals surface area contributed by atoms with Crippen LogP contribution in [0.25, 0.3) is 10.9 Å². The van der Waals surface area contributed by atoms with Gasteiger partial charge in [0.2, 0.25) is 0 Å². The molecule has 2 atom stereocenters. The number of carbonyl (C=O) groups is 2. The van der Waals surface area contributed by atoms with Crippen LogP contribution < -0.4 is 5.32 Å². The second-order valence-electron chi connectivity index (χ2n) is 8.38. The molecule has 1 aromatic heterocycles. The molecule has 3 rings (SSSR count).